The van der Waals surface area contributed by atoms with Crippen molar-refractivity contribution < 1.29 is 0 Å². The molecule has 2 aromatic carbocycles. The van der Waals surface area contributed by atoms with Gasteiger partial charge >= 0.3 is 0 Å². The summed E-state index contributed by atoms with van der Waals surface area (Å²) in [5.41, 5.74) is 3.21. The van der Waals surface area contributed by atoms with Gasteiger partial charge in [0.15, 0.2) is 0 Å². The van der Waals surface area contributed by atoms with Crippen LogP contribution in [-0.4, -0.2) is 36.1 Å². The Morgan fingerprint density at radius 1 is 0.920 bits per heavy atom. The number of H-pyrrole nitrogens is 1. The van der Waals surface area contributed by atoms with Gasteiger partial charge in [-0.05, 0) is 37.6 Å². The highest BCUT2D eigenvalue weighted by Gasteiger charge is 2.17. The number of nitrogens with one attached hydrogen (secondary N) is 1. The first-order valence-corrected chi connectivity index (χ1v) is 8.76. The zero-order chi connectivity index (χ0) is 17.2. The number of anilines is 2. The number of hydrogen-bond acceptors (Lipinski definition) is 4. The number of nitrogens with zero attached hydrogens (tertiary/aromatic N) is 3. The zero-order valence-corrected chi connectivity index (χ0v) is 14.4. The molecule has 3 aromatic rings. The molecule has 2 heterocycles. The molecule has 0 saturated carbocycles. The van der Waals surface area contributed by atoms with E-state index < -0.39 is 0 Å². The first-order chi connectivity index (χ1) is 12.2. The Morgan fingerprint density at radius 3 is 2.48 bits per heavy atom. The fraction of sp³-hybridized carbons (Fsp3) is 0.300. The summed E-state index contributed by atoms with van der Waals surface area (Å²) in [6.45, 7) is 5.77. The molecule has 0 spiro atoms. The molecule has 1 N–H and O–H groups in total. The van der Waals surface area contributed by atoms with E-state index in [9.17, 15) is 4.79 Å². The summed E-state index contributed by atoms with van der Waals surface area (Å²) in [6, 6.07) is 16.2. The zero-order valence-electron chi connectivity index (χ0n) is 14.4. The van der Waals surface area contributed by atoms with E-state index in [-0.39, 0.29) is 5.56 Å². The number of aromatic amines is 1. The molecule has 1 fully saturated rings. The smallest absolute Gasteiger partial charge is 0.260 e. The van der Waals surface area contributed by atoms with E-state index in [1.54, 1.807) is 0 Å². The number of benzene rings is 2. The third kappa shape index (κ3) is 3.22. The van der Waals surface area contributed by atoms with Crippen molar-refractivity contribution in [1.82, 2.24) is 9.97 Å². The number of fused-ring (bicyclic) bond motifs is 1. The van der Waals surface area contributed by atoms with Gasteiger partial charge < -0.3 is 9.80 Å². The van der Waals surface area contributed by atoms with E-state index in [4.69, 9.17) is 0 Å². The Balaban J connectivity index is 1.56. The lowest BCUT2D eigenvalue weighted by Gasteiger charge is -2.24. The molecule has 0 bridgehead atoms. The van der Waals surface area contributed by atoms with Crippen LogP contribution in [0.15, 0.2) is 53.3 Å². The van der Waals surface area contributed by atoms with Crippen molar-refractivity contribution in [2.24, 2.45) is 0 Å². The van der Waals surface area contributed by atoms with Crippen LogP contribution >= 0.6 is 0 Å². The van der Waals surface area contributed by atoms with Gasteiger partial charge in [0.1, 0.15) is 0 Å². The standard InChI is InChI=1S/C20H22N4O/c1-15-7-9-16(10-8-15)23-11-4-12-24(14-13-23)20-21-18-6-3-2-5-17(18)19(25)22-20/h2-3,5-10H,4,11-14H2,1H3,(H,21,22,25). The van der Waals surface area contributed by atoms with Gasteiger partial charge in [0.2, 0.25) is 5.95 Å². The molecule has 1 aliphatic rings. The molecule has 0 radical (unpaired) electrons. The summed E-state index contributed by atoms with van der Waals surface area (Å²) in [7, 11) is 0. The van der Waals surface area contributed by atoms with Gasteiger partial charge in [-0.25, -0.2) is 4.98 Å². The van der Waals surface area contributed by atoms with Crippen molar-refractivity contribution in [1.29, 1.82) is 0 Å². The SMILES string of the molecule is Cc1ccc(N2CCCN(c3nc4ccccc4c(=O)[nH]3)CC2)cc1. The minimum absolute atomic E-state index is 0.0692. The van der Waals surface area contributed by atoms with Crippen LogP contribution < -0.4 is 15.4 Å². The molecular weight excluding hydrogens is 312 g/mol. The van der Waals surface area contributed by atoms with Crippen LogP contribution in [0.5, 0.6) is 0 Å². The summed E-state index contributed by atoms with van der Waals surface area (Å²) in [5, 5.41) is 0.641. The summed E-state index contributed by atoms with van der Waals surface area (Å²) in [4.78, 5) is 24.5. The molecule has 25 heavy (non-hydrogen) atoms. The molecule has 128 valence electrons. The molecule has 0 aliphatic carbocycles. The highest BCUT2D eigenvalue weighted by Crippen LogP contribution is 2.19. The van der Waals surface area contributed by atoms with Crippen molar-refractivity contribution in [3.05, 3.63) is 64.4 Å². The predicted molar refractivity (Wildman–Crippen MR) is 103 cm³/mol. The number of para-hydroxylation sites is 1. The maximum atomic E-state index is 12.3. The van der Waals surface area contributed by atoms with Crippen LogP contribution in [0.3, 0.4) is 0 Å². The number of rotatable bonds is 2. The van der Waals surface area contributed by atoms with Gasteiger partial charge in [0.25, 0.3) is 5.56 Å². The fourth-order valence-electron chi connectivity index (χ4n) is 3.37. The summed E-state index contributed by atoms with van der Waals surface area (Å²) in [6.07, 6.45) is 1.03. The van der Waals surface area contributed by atoms with E-state index in [1.807, 2.05) is 24.3 Å². The molecule has 0 unspecified atom stereocenters. The van der Waals surface area contributed by atoms with Crippen LogP contribution in [0, 0.1) is 6.92 Å². The van der Waals surface area contributed by atoms with Gasteiger partial charge in [-0.2, -0.15) is 0 Å². The fourth-order valence-corrected chi connectivity index (χ4v) is 3.37. The molecular formula is C20H22N4O. The molecule has 5 heteroatoms. The van der Waals surface area contributed by atoms with Crippen LogP contribution in [0.4, 0.5) is 11.6 Å². The Labute approximate surface area is 146 Å². The van der Waals surface area contributed by atoms with Gasteiger partial charge in [-0.15, -0.1) is 0 Å². The number of aryl methyl sites for hydroxylation is 1. The van der Waals surface area contributed by atoms with Crippen molar-refractivity contribution in [3.8, 4) is 0 Å². The van der Waals surface area contributed by atoms with Crippen molar-refractivity contribution in [3.63, 3.8) is 0 Å². The monoisotopic (exact) mass is 334 g/mol. The maximum absolute atomic E-state index is 12.3. The van der Waals surface area contributed by atoms with Gasteiger partial charge in [-0.1, -0.05) is 29.8 Å². The average Bonchev–Trinajstić information content (AvgIpc) is 2.89. The third-order valence-electron chi connectivity index (χ3n) is 4.79. The van der Waals surface area contributed by atoms with Crippen molar-refractivity contribution >= 4 is 22.5 Å². The second-order valence-corrected chi connectivity index (χ2v) is 6.57. The topological polar surface area (TPSA) is 52.2 Å². The van der Waals surface area contributed by atoms with E-state index in [0.717, 1.165) is 38.1 Å². The van der Waals surface area contributed by atoms with Gasteiger partial charge in [-0.3, -0.25) is 9.78 Å². The second-order valence-electron chi connectivity index (χ2n) is 6.57. The molecule has 0 atom stereocenters. The highest BCUT2D eigenvalue weighted by atomic mass is 16.1. The van der Waals surface area contributed by atoms with Crippen LogP contribution in [0.2, 0.25) is 0 Å². The van der Waals surface area contributed by atoms with Crippen LogP contribution in [-0.2, 0) is 0 Å². The minimum Gasteiger partial charge on any atom is -0.370 e. The molecule has 1 aliphatic heterocycles. The third-order valence-corrected chi connectivity index (χ3v) is 4.79. The minimum atomic E-state index is -0.0692. The molecule has 5 nitrogen and oxygen atoms in total. The van der Waals surface area contributed by atoms with Crippen LogP contribution in [0.1, 0.15) is 12.0 Å². The largest absolute Gasteiger partial charge is 0.370 e. The Morgan fingerprint density at radius 2 is 1.64 bits per heavy atom. The lowest BCUT2D eigenvalue weighted by Crippen LogP contribution is -2.32. The average molecular weight is 334 g/mol. The summed E-state index contributed by atoms with van der Waals surface area (Å²) < 4.78 is 0. The van der Waals surface area contributed by atoms with E-state index in [1.165, 1.54) is 11.3 Å². The summed E-state index contributed by atoms with van der Waals surface area (Å²) in [5.74, 6) is 0.675. The quantitative estimate of drug-likeness (QED) is 0.783. The van der Waals surface area contributed by atoms with Gasteiger partial charge in [0.05, 0.1) is 10.9 Å². The number of hydrogen-bond donors (Lipinski definition) is 1. The Hall–Kier alpha value is -2.82. The van der Waals surface area contributed by atoms with E-state index in [2.05, 4.69) is 51.0 Å². The number of aromatic nitrogens is 2. The summed E-state index contributed by atoms with van der Waals surface area (Å²) >= 11 is 0. The van der Waals surface area contributed by atoms with Crippen molar-refractivity contribution in [2.75, 3.05) is 36.0 Å². The molecule has 4 rings (SSSR count). The van der Waals surface area contributed by atoms with E-state index >= 15 is 0 Å². The highest BCUT2D eigenvalue weighted by molar-refractivity contribution is 5.78. The normalized spacial score (nSPS) is 15.4. The van der Waals surface area contributed by atoms with E-state index in [0.29, 0.717) is 11.3 Å². The second kappa shape index (κ2) is 6.59. The lowest BCUT2D eigenvalue weighted by molar-refractivity contribution is 0.783. The first-order valence-electron chi connectivity index (χ1n) is 8.76. The molecule has 1 aromatic heterocycles. The van der Waals surface area contributed by atoms with Gasteiger partial charge in [0, 0.05) is 31.9 Å². The Kier molecular flexibility index (Phi) is 4.14. The lowest BCUT2D eigenvalue weighted by atomic mass is 10.2. The molecule has 1 saturated heterocycles. The Bertz CT molecular complexity index is 932. The van der Waals surface area contributed by atoms with Crippen molar-refractivity contribution in [2.45, 2.75) is 13.3 Å². The van der Waals surface area contributed by atoms with Crippen LogP contribution in [0.25, 0.3) is 10.9 Å². The first kappa shape index (κ1) is 15.7. The predicted octanol–water partition coefficient (Wildman–Crippen LogP) is 2.95. The molecule has 0 amide bonds. The maximum Gasteiger partial charge on any atom is 0.260 e.